The second-order valence-corrected chi connectivity index (χ2v) is 4.42. The molecule has 0 radical (unpaired) electrons. The highest BCUT2D eigenvalue weighted by Crippen LogP contribution is 2.25. The molecular formula is C14H9NO4. The molecule has 0 spiro atoms. The molecule has 1 aliphatic rings. The van der Waals surface area contributed by atoms with Gasteiger partial charge in [0, 0.05) is 17.2 Å². The minimum Gasteiger partial charge on any atom is -0.417 e. The fourth-order valence-corrected chi connectivity index (χ4v) is 2.36. The molecule has 2 aromatic rings. The molecule has 5 nitrogen and oxygen atoms in total. The van der Waals surface area contributed by atoms with Crippen LogP contribution < -0.4 is 5.63 Å². The van der Waals surface area contributed by atoms with Crippen molar-refractivity contribution in [1.29, 1.82) is 0 Å². The predicted molar refractivity (Wildman–Crippen MR) is 67.2 cm³/mol. The third kappa shape index (κ3) is 1.89. The van der Waals surface area contributed by atoms with E-state index in [1.165, 1.54) is 6.07 Å². The zero-order valence-electron chi connectivity index (χ0n) is 9.88. The Labute approximate surface area is 107 Å². The minimum atomic E-state index is -1.06. The molecule has 1 aromatic carbocycles. The topological polar surface area (TPSA) is 76.7 Å². The molecule has 1 heterocycles. The molecule has 0 saturated heterocycles. The van der Waals surface area contributed by atoms with Crippen LogP contribution in [0.25, 0.3) is 0 Å². The number of fused-ring (bicyclic) bond motifs is 2. The maximum Gasteiger partial charge on any atom is 0.351 e. The van der Waals surface area contributed by atoms with Gasteiger partial charge in [-0.15, -0.1) is 4.91 Å². The molecule has 0 saturated carbocycles. The van der Waals surface area contributed by atoms with Gasteiger partial charge in [-0.2, -0.15) is 0 Å². The third-order valence-electron chi connectivity index (χ3n) is 3.30. The van der Waals surface area contributed by atoms with Crippen LogP contribution in [0.2, 0.25) is 0 Å². The molecule has 3 rings (SSSR count). The van der Waals surface area contributed by atoms with E-state index in [0.717, 1.165) is 16.7 Å². The van der Waals surface area contributed by atoms with Crippen LogP contribution in [0.15, 0.2) is 44.7 Å². The van der Waals surface area contributed by atoms with Crippen molar-refractivity contribution in [2.75, 3.05) is 0 Å². The molecule has 0 atom stereocenters. The van der Waals surface area contributed by atoms with E-state index in [2.05, 4.69) is 5.18 Å². The Morgan fingerprint density at radius 3 is 2.47 bits per heavy atom. The van der Waals surface area contributed by atoms with Crippen LogP contribution in [0.4, 0.5) is 0 Å². The average molecular weight is 255 g/mol. The summed E-state index contributed by atoms with van der Waals surface area (Å²) in [6, 6.07) is 9.22. The number of amides is 1. The molecule has 0 aliphatic heterocycles. The number of benzene rings is 1. The van der Waals surface area contributed by atoms with Crippen molar-refractivity contribution in [3.8, 4) is 0 Å². The summed E-state index contributed by atoms with van der Waals surface area (Å²) < 4.78 is 4.84. The molecule has 0 fully saturated rings. The van der Waals surface area contributed by atoms with Crippen molar-refractivity contribution in [2.45, 2.75) is 12.8 Å². The summed E-state index contributed by atoms with van der Waals surface area (Å²) in [6.45, 7) is 0. The number of hydrogen-bond acceptors (Lipinski definition) is 4. The first-order chi connectivity index (χ1) is 9.19. The summed E-state index contributed by atoms with van der Waals surface area (Å²) in [7, 11) is 0. The number of rotatable bonds is 1. The van der Waals surface area contributed by atoms with Crippen LogP contribution in [-0.2, 0) is 12.8 Å². The standard InChI is InChI=1S/C14H9NO4/c16-13(15-18)12-7-10-5-8-3-1-2-4-9(8)6-11(10)14(17)19-12/h1-4,7H,5-6H2. The van der Waals surface area contributed by atoms with Crippen molar-refractivity contribution in [3.05, 3.63) is 73.7 Å². The van der Waals surface area contributed by atoms with Crippen LogP contribution in [-0.4, -0.2) is 5.91 Å². The third-order valence-corrected chi connectivity index (χ3v) is 3.30. The van der Waals surface area contributed by atoms with Gasteiger partial charge in [0.15, 0.2) is 0 Å². The Hall–Kier alpha value is -2.56. The number of nitrogens with zero attached hydrogens (tertiary/aromatic N) is 1. The summed E-state index contributed by atoms with van der Waals surface area (Å²) in [5, 5.41) is 2.27. The van der Waals surface area contributed by atoms with Gasteiger partial charge in [-0.3, -0.25) is 4.79 Å². The fourth-order valence-electron chi connectivity index (χ4n) is 2.36. The number of carbonyl (C=O) groups excluding carboxylic acids is 1. The van der Waals surface area contributed by atoms with E-state index in [4.69, 9.17) is 4.42 Å². The maximum absolute atomic E-state index is 11.9. The zero-order valence-corrected chi connectivity index (χ0v) is 9.88. The molecule has 0 bridgehead atoms. The van der Waals surface area contributed by atoms with Crippen molar-refractivity contribution >= 4 is 5.91 Å². The molecule has 1 aromatic heterocycles. The van der Waals surface area contributed by atoms with Crippen molar-refractivity contribution in [2.24, 2.45) is 5.18 Å². The van der Waals surface area contributed by atoms with Crippen molar-refractivity contribution in [1.82, 2.24) is 0 Å². The molecular weight excluding hydrogens is 246 g/mol. The molecule has 94 valence electrons. The largest absolute Gasteiger partial charge is 0.417 e. The lowest BCUT2D eigenvalue weighted by Gasteiger charge is -2.18. The smallest absolute Gasteiger partial charge is 0.351 e. The van der Waals surface area contributed by atoms with E-state index >= 15 is 0 Å². The second kappa shape index (κ2) is 4.28. The first-order valence-electron chi connectivity index (χ1n) is 5.79. The lowest BCUT2D eigenvalue weighted by molar-refractivity contribution is 0.0969. The quantitative estimate of drug-likeness (QED) is 0.623. The normalized spacial score (nSPS) is 12.4. The van der Waals surface area contributed by atoms with Gasteiger partial charge in [0.25, 0.3) is 0 Å². The van der Waals surface area contributed by atoms with Gasteiger partial charge in [-0.25, -0.2) is 4.79 Å². The van der Waals surface area contributed by atoms with E-state index in [1.54, 1.807) is 0 Å². The SMILES string of the molecule is O=NC(=O)c1cc2c(c(=O)o1)Cc1ccccc1C2. The van der Waals surface area contributed by atoms with E-state index < -0.39 is 11.5 Å². The Bertz CT molecular complexity index is 745. The fraction of sp³-hybridized carbons (Fsp3) is 0.143. The first kappa shape index (κ1) is 11.5. The van der Waals surface area contributed by atoms with Gasteiger partial charge in [-0.1, -0.05) is 24.3 Å². The molecule has 0 N–H and O–H groups in total. The minimum absolute atomic E-state index is 0.293. The Morgan fingerprint density at radius 1 is 1.11 bits per heavy atom. The van der Waals surface area contributed by atoms with Crippen molar-refractivity contribution < 1.29 is 9.21 Å². The van der Waals surface area contributed by atoms with Gasteiger partial charge in [0.2, 0.25) is 5.76 Å². The van der Waals surface area contributed by atoms with Crippen LogP contribution >= 0.6 is 0 Å². The van der Waals surface area contributed by atoms with Crippen LogP contribution in [0.3, 0.4) is 0 Å². The molecule has 19 heavy (non-hydrogen) atoms. The monoisotopic (exact) mass is 255 g/mol. The summed E-state index contributed by atoms with van der Waals surface area (Å²) >= 11 is 0. The molecule has 1 amide bonds. The van der Waals surface area contributed by atoms with Gasteiger partial charge < -0.3 is 4.42 Å². The van der Waals surface area contributed by atoms with Gasteiger partial charge in [-0.05, 0) is 29.2 Å². The number of hydrogen-bond donors (Lipinski definition) is 0. The molecule has 0 unspecified atom stereocenters. The first-order valence-corrected chi connectivity index (χ1v) is 5.79. The average Bonchev–Trinajstić information content (AvgIpc) is 2.44. The summed E-state index contributed by atoms with van der Waals surface area (Å²) in [6.07, 6.45) is 1.03. The Morgan fingerprint density at radius 2 is 1.79 bits per heavy atom. The van der Waals surface area contributed by atoms with E-state index in [9.17, 15) is 14.5 Å². The lowest BCUT2D eigenvalue weighted by atomic mass is 9.87. The maximum atomic E-state index is 11.9. The van der Waals surface area contributed by atoms with E-state index in [1.807, 2.05) is 24.3 Å². The van der Waals surface area contributed by atoms with Crippen molar-refractivity contribution in [3.63, 3.8) is 0 Å². The van der Waals surface area contributed by atoms with Crippen LogP contribution in [0.1, 0.15) is 32.8 Å². The summed E-state index contributed by atoms with van der Waals surface area (Å²) in [4.78, 5) is 33.3. The lowest BCUT2D eigenvalue weighted by Crippen LogP contribution is -2.19. The summed E-state index contributed by atoms with van der Waals surface area (Å²) in [5.74, 6) is -1.35. The highest BCUT2D eigenvalue weighted by molar-refractivity contribution is 5.92. The highest BCUT2D eigenvalue weighted by atomic mass is 16.4. The van der Waals surface area contributed by atoms with E-state index in [-0.39, 0.29) is 5.76 Å². The number of nitroso groups, excluding NO2 is 1. The molecule has 5 heteroatoms. The summed E-state index contributed by atoms with van der Waals surface area (Å²) in [5.41, 5.74) is 2.88. The highest BCUT2D eigenvalue weighted by Gasteiger charge is 2.21. The van der Waals surface area contributed by atoms with Crippen LogP contribution in [0.5, 0.6) is 0 Å². The second-order valence-electron chi connectivity index (χ2n) is 4.42. The zero-order chi connectivity index (χ0) is 13.4. The number of carbonyl (C=O) groups is 1. The van der Waals surface area contributed by atoms with Gasteiger partial charge in [0.05, 0.1) is 0 Å². The van der Waals surface area contributed by atoms with Gasteiger partial charge >= 0.3 is 11.5 Å². The van der Waals surface area contributed by atoms with E-state index in [0.29, 0.717) is 18.4 Å². The predicted octanol–water partition coefficient (Wildman–Crippen LogP) is 2.04. The molecule has 1 aliphatic carbocycles. The van der Waals surface area contributed by atoms with Gasteiger partial charge in [0.1, 0.15) is 0 Å². The Balaban J connectivity index is 2.13. The Kier molecular flexibility index (Phi) is 2.59. The van der Waals surface area contributed by atoms with Crippen LogP contribution in [0, 0.1) is 4.91 Å².